The second-order valence-electron chi connectivity index (χ2n) is 3.58. The molecule has 0 bridgehead atoms. The minimum absolute atomic E-state index is 0.318. The number of rotatable bonds is 3. The smallest absolute Gasteiger partial charge is 0.0446 e. The van der Waals surface area contributed by atoms with Crippen LogP contribution in [0.15, 0.2) is 22.4 Å². The van der Waals surface area contributed by atoms with Gasteiger partial charge in [0.15, 0.2) is 0 Å². The van der Waals surface area contributed by atoms with E-state index in [1.165, 1.54) is 0 Å². The maximum atomic E-state index is 4.01. The second kappa shape index (κ2) is 4.83. The summed E-state index contributed by atoms with van der Waals surface area (Å²) in [7, 11) is 0. The molecule has 0 aromatic heterocycles. The summed E-state index contributed by atoms with van der Waals surface area (Å²) in [4.78, 5) is 7.53. The van der Waals surface area contributed by atoms with Crippen LogP contribution in [0.25, 0.3) is 0 Å². The van der Waals surface area contributed by atoms with E-state index in [0.717, 1.165) is 6.42 Å². The highest BCUT2D eigenvalue weighted by Crippen LogP contribution is 2.15. The maximum absolute atomic E-state index is 4.01. The Morgan fingerprint density at radius 1 is 1.27 bits per heavy atom. The first-order chi connectivity index (χ1) is 5.06. The van der Waals surface area contributed by atoms with Crippen LogP contribution in [0.5, 0.6) is 0 Å². The van der Waals surface area contributed by atoms with E-state index in [4.69, 9.17) is 0 Å². The van der Waals surface area contributed by atoms with Crippen LogP contribution in [-0.2, 0) is 0 Å². The van der Waals surface area contributed by atoms with Crippen LogP contribution in [0.3, 0.4) is 0 Å². The van der Waals surface area contributed by atoms with E-state index < -0.39 is 0 Å². The van der Waals surface area contributed by atoms with E-state index in [9.17, 15) is 0 Å². The van der Waals surface area contributed by atoms with Crippen LogP contribution in [0.2, 0.25) is 0 Å². The van der Waals surface area contributed by atoms with Crippen LogP contribution in [0.1, 0.15) is 27.2 Å². The van der Waals surface area contributed by atoms with Crippen LogP contribution < -0.4 is 0 Å². The van der Waals surface area contributed by atoms with Crippen LogP contribution >= 0.6 is 0 Å². The first-order valence-electron chi connectivity index (χ1n) is 3.69. The molecule has 0 aromatic rings. The highest BCUT2D eigenvalue weighted by atomic mass is 14.7. The van der Waals surface area contributed by atoms with Gasteiger partial charge in [0.25, 0.3) is 0 Å². The predicted octanol–water partition coefficient (Wildman–Crippen LogP) is 2.67. The van der Waals surface area contributed by atoms with E-state index in [-0.39, 0.29) is 0 Å². The zero-order chi connectivity index (χ0) is 8.74. The van der Waals surface area contributed by atoms with Gasteiger partial charge >= 0.3 is 0 Å². The minimum atomic E-state index is 0.318. The number of nitrogens with zero attached hydrogens (tertiary/aromatic N) is 2. The monoisotopic (exact) mass is 152 g/mol. The molecule has 0 saturated heterocycles. The van der Waals surface area contributed by atoms with Gasteiger partial charge in [-0.25, -0.2) is 0 Å². The summed E-state index contributed by atoms with van der Waals surface area (Å²) < 4.78 is 0. The topological polar surface area (TPSA) is 24.7 Å². The first kappa shape index (κ1) is 10.1. The standard InChI is InChI=1S/C9H16N2/c1-9(2,3)5-6-11-8-7-10-4/h6-8H,4-5H2,1-3H3/b8-7-,11-6+. The zero-order valence-electron chi connectivity index (χ0n) is 7.54. The number of hydrogen-bond acceptors (Lipinski definition) is 2. The molecule has 0 N–H and O–H groups in total. The molecule has 0 aliphatic carbocycles. The van der Waals surface area contributed by atoms with Crippen molar-refractivity contribution in [1.29, 1.82) is 0 Å². The average Bonchev–Trinajstić information content (AvgIpc) is 1.85. The Bertz CT molecular complexity index is 161. The van der Waals surface area contributed by atoms with Crippen molar-refractivity contribution in [3.05, 3.63) is 12.4 Å². The van der Waals surface area contributed by atoms with E-state index in [2.05, 4.69) is 37.5 Å². The Morgan fingerprint density at radius 2 is 1.91 bits per heavy atom. The quantitative estimate of drug-likeness (QED) is 0.555. The Balaban J connectivity index is 3.61. The molecule has 2 heteroatoms. The van der Waals surface area contributed by atoms with Gasteiger partial charge in [0.1, 0.15) is 0 Å². The third kappa shape index (κ3) is 9.08. The fourth-order valence-corrected chi connectivity index (χ4v) is 0.473. The third-order valence-electron chi connectivity index (χ3n) is 1.07. The molecule has 0 unspecified atom stereocenters. The Labute approximate surface area is 68.8 Å². The lowest BCUT2D eigenvalue weighted by molar-refractivity contribution is 0.437. The lowest BCUT2D eigenvalue weighted by Gasteiger charge is -2.13. The molecule has 0 fully saturated rings. The van der Waals surface area contributed by atoms with Crippen molar-refractivity contribution in [3.8, 4) is 0 Å². The van der Waals surface area contributed by atoms with Gasteiger partial charge in [-0.15, -0.1) is 0 Å². The van der Waals surface area contributed by atoms with Gasteiger partial charge < -0.3 is 0 Å². The fourth-order valence-electron chi connectivity index (χ4n) is 0.473. The molecule has 0 atom stereocenters. The Hall–Kier alpha value is -0.920. The number of aliphatic imine (C=N–C) groups is 2. The molecule has 0 amide bonds. The molecule has 62 valence electrons. The molecule has 0 rings (SSSR count). The highest BCUT2D eigenvalue weighted by molar-refractivity contribution is 5.58. The third-order valence-corrected chi connectivity index (χ3v) is 1.07. The molecular weight excluding hydrogens is 136 g/mol. The van der Waals surface area contributed by atoms with Gasteiger partial charge in [0.2, 0.25) is 0 Å². The average molecular weight is 152 g/mol. The Kier molecular flexibility index (Phi) is 4.42. The molecule has 0 saturated carbocycles. The minimum Gasteiger partial charge on any atom is -0.271 e. The van der Waals surface area contributed by atoms with Crippen molar-refractivity contribution in [2.75, 3.05) is 0 Å². The van der Waals surface area contributed by atoms with Gasteiger partial charge in [-0.05, 0) is 18.6 Å². The molecule has 0 aliphatic heterocycles. The van der Waals surface area contributed by atoms with Gasteiger partial charge in [0, 0.05) is 18.6 Å². The lowest BCUT2D eigenvalue weighted by atomic mass is 9.93. The lowest BCUT2D eigenvalue weighted by Crippen LogP contribution is -2.04. The zero-order valence-corrected chi connectivity index (χ0v) is 7.54. The van der Waals surface area contributed by atoms with E-state index in [0.29, 0.717) is 5.41 Å². The summed E-state index contributed by atoms with van der Waals surface area (Å²) in [6.45, 7) is 9.82. The normalized spacial score (nSPS) is 13.0. The van der Waals surface area contributed by atoms with E-state index in [1.54, 1.807) is 12.4 Å². The summed E-state index contributed by atoms with van der Waals surface area (Å²) in [6.07, 6.45) is 6.08. The van der Waals surface area contributed by atoms with Crippen molar-refractivity contribution in [3.63, 3.8) is 0 Å². The Morgan fingerprint density at radius 3 is 2.36 bits per heavy atom. The molecule has 0 aromatic carbocycles. The molecule has 2 nitrogen and oxygen atoms in total. The van der Waals surface area contributed by atoms with Gasteiger partial charge in [-0.3, -0.25) is 9.98 Å². The van der Waals surface area contributed by atoms with Crippen LogP contribution in [0.4, 0.5) is 0 Å². The van der Waals surface area contributed by atoms with Crippen LogP contribution in [0, 0.1) is 5.41 Å². The van der Waals surface area contributed by atoms with E-state index >= 15 is 0 Å². The summed E-state index contributed by atoms with van der Waals surface area (Å²) in [6, 6.07) is 0. The second-order valence-corrected chi connectivity index (χ2v) is 3.58. The van der Waals surface area contributed by atoms with Crippen molar-refractivity contribution in [2.45, 2.75) is 27.2 Å². The molecule has 0 aliphatic rings. The SMILES string of the molecule is C=N/C=C\N=C\CC(C)(C)C. The van der Waals surface area contributed by atoms with E-state index in [1.807, 2.05) is 6.21 Å². The summed E-state index contributed by atoms with van der Waals surface area (Å²) in [5.74, 6) is 0. The first-order valence-corrected chi connectivity index (χ1v) is 3.69. The molecule has 0 spiro atoms. The molecule has 0 heterocycles. The summed E-state index contributed by atoms with van der Waals surface area (Å²) in [5.41, 5.74) is 0.318. The van der Waals surface area contributed by atoms with Crippen molar-refractivity contribution >= 4 is 12.9 Å². The highest BCUT2D eigenvalue weighted by Gasteiger charge is 2.06. The summed E-state index contributed by atoms with van der Waals surface area (Å²) >= 11 is 0. The number of hydrogen-bond donors (Lipinski definition) is 0. The maximum Gasteiger partial charge on any atom is 0.0446 e. The molecular formula is C9H16N2. The van der Waals surface area contributed by atoms with Crippen molar-refractivity contribution in [1.82, 2.24) is 0 Å². The van der Waals surface area contributed by atoms with Crippen LogP contribution in [-0.4, -0.2) is 12.9 Å². The van der Waals surface area contributed by atoms with Crippen molar-refractivity contribution in [2.24, 2.45) is 15.4 Å². The molecule has 11 heavy (non-hydrogen) atoms. The van der Waals surface area contributed by atoms with Gasteiger partial charge in [-0.2, -0.15) is 0 Å². The van der Waals surface area contributed by atoms with Crippen molar-refractivity contribution < 1.29 is 0 Å². The largest absolute Gasteiger partial charge is 0.271 e. The molecule has 0 radical (unpaired) electrons. The van der Waals surface area contributed by atoms with Gasteiger partial charge in [0.05, 0.1) is 0 Å². The summed E-state index contributed by atoms with van der Waals surface area (Å²) in [5, 5.41) is 0. The fraction of sp³-hybridized carbons (Fsp3) is 0.556. The predicted molar refractivity (Wildman–Crippen MR) is 51.3 cm³/mol. The van der Waals surface area contributed by atoms with Gasteiger partial charge in [-0.1, -0.05) is 20.8 Å².